The maximum atomic E-state index is 10.6. The second-order valence-electron chi connectivity index (χ2n) is 1.89. The first-order valence-electron chi connectivity index (χ1n) is 3.04. The first kappa shape index (κ1) is 10.2. The summed E-state index contributed by atoms with van der Waals surface area (Å²) in [5.74, 6) is -1.75. The predicted octanol–water partition coefficient (Wildman–Crippen LogP) is -2.14. The van der Waals surface area contributed by atoms with Crippen LogP contribution in [0, 0.1) is 0 Å². The zero-order valence-electron chi connectivity index (χ0n) is 6.16. The largest absolute Gasteiger partial charge is 0.480 e. The van der Waals surface area contributed by atoms with Crippen LogP contribution in [0.2, 0.25) is 0 Å². The Kier molecular flexibility index (Phi) is 4.20. The molecule has 0 heterocycles. The van der Waals surface area contributed by atoms with Gasteiger partial charge in [-0.2, -0.15) is 0 Å². The Morgan fingerprint density at radius 3 is 2.17 bits per heavy atom. The van der Waals surface area contributed by atoms with E-state index in [1.165, 1.54) is 0 Å². The second-order valence-corrected chi connectivity index (χ2v) is 1.89. The van der Waals surface area contributed by atoms with Gasteiger partial charge >= 0.3 is 12.0 Å². The summed E-state index contributed by atoms with van der Waals surface area (Å²) in [6, 6.07) is -0.833. The molecule has 0 atom stereocenters. The number of urea groups is 1. The molecule has 0 aromatic heterocycles. The number of carbonyl (C=O) groups is 3. The number of hydrogen-bond donors (Lipinski definition) is 4. The molecule has 68 valence electrons. The van der Waals surface area contributed by atoms with Crippen LogP contribution < -0.4 is 16.4 Å². The molecule has 7 heteroatoms. The fourth-order valence-corrected chi connectivity index (χ4v) is 0.404. The molecule has 12 heavy (non-hydrogen) atoms. The summed E-state index contributed by atoms with van der Waals surface area (Å²) in [6.45, 7) is -0.790. The molecule has 0 radical (unpaired) electrons. The van der Waals surface area contributed by atoms with Gasteiger partial charge in [-0.3, -0.25) is 9.59 Å². The van der Waals surface area contributed by atoms with E-state index in [4.69, 9.17) is 5.11 Å². The third-order valence-corrected chi connectivity index (χ3v) is 0.860. The molecule has 0 spiro atoms. The van der Waals surface area contributed by atoms with Gasteiger partial charge in [-0.25, -0.2) is 4.79 Å². The van der Waals surface area contributed by atoms with E-state index < -0.39 is 24.5 Å². The second kappa shape index (κ2) is 4.94. The van der Waals surface area contributed by atoms with Crippen molar-refractivity contribution in [3.8, 4) is 0 Å². The highest BCUT2D eigenvalue weighted by Crippen LogP contribution is 1.65. The van der Waals surface area contributed by atoms with Crippen LogP contribution in [0.15, 0.2) is 0 Å². The van der Waals surface area contributed by atoms with E-state index in [2.05, 4.69) is 5.73 Å². The molecular weight excluding hydrogens is 166 g/mol. The average molecular weight is 175 g/mol. The zero-order valence-corrected chi connectivity index (χ0v) is 6.16. The van der Waals surface area contributed by atoms with Crippen molar-refractivity contribution in [1.29, 1.82) is 0 Å². The molecule has 3 amide bonds. The zero-order chi connectivity index (χ0) is 9.56. The van der Waals surface area contributed by atoms with Gasteiger partial charge in [-0.05, 0) is 0 Å². The summed E-state index contributed by atoms with van der Waals surface area (Å²) in [5.41, 5.74) is 4.65. The highest BCUT2D eigenvalue weighted by atomic mass is 16.4. The van der Waals surface area contributed by atoms with E-state index >= 15 is 0 Å². The Morgan fingerprint density at radius 2 is 1.75 bits per heavy atom. The first-order chi connectivity index (χ1) is 5.52. The van der Waals surface area contributed by atoms with Crippen LogP contribution in [-0.2, 0) is 9.59 Å². The van der Waals surface area contributed by atoms with E-state index in [1.54, 1.807) is 0 Å². The number of aliphatic carboxylic acids is 1. The molecule has 5 N–H and O–H groups in total. The molecule has 0 unspecified atom stereocenters. The Balaban J connectivity index is 3.47. The van der Waals surface area contributed by atoms with Crippen molar-refractivity contribution in [1.82, 2.24) is 10.6 Å². The molecule has 0 saturated heterocycles. The molecule has 7 nitrogen and oxygen atoms in total. The third kappa shape index (κ3) is 6.33. The minimum Gasteiger partial charge on any atom is -0.480 e. The number of primary amides is 1. The van der Waals surface area contributed by atoms with Gasteiger partial charge in [0, 0.05) is 0 Å². The number of nitrogens with two attached hydrogens (primary N) is 1. The van der Waals surface area contributed by atoms with Gasteiger partial charge in [-0.1, -0.05) is 0 Å². The Hall–Kier alpha value is -1.79. The fourth-order valence-electron chi connectivity index (χ4n) is 0.404. The number of hydrogen-bond acceptors (Lipinski definition) is 3. The van der Waals surface area contributed by atoms with E-state index in [0.29, 0.717) is 0 Å². The quantitative estimate of drug-likeness (QED) is 0.389. The normalized spacial score (nSPS) is 8.67. The Morgan fingerprint density at radius 1 is 1.17 bits per heavy atom. The van der Waals surface area contributed by atoms with E-state index in [0.717, 1.165) is 0 Å². The van der Waals surface area contributed by atoms with Crippen molar-refractivity contribution in [3.05, 3.63) is 0 Å². The lowest BCUT2D eigenvalue weighted by atomic mass is 10.5. The molecule has 0 aliphatic carbocycles. The molecule has 0 bridgehead atoms. The molecule has 0 aromatic carbocycles. The summed E-state index contributed by atoms with van der Waals surface area (Å²) in [5, 5.41) is 12.1. The Bertz CT molecular complexity index is 183. The minimum absolute atomic E-state index is 0.317. The minimum atomic E-state index is -1.15. The fraction of sp³-hybridized carbons (Fsp3) is 0.400. The lowest BCUT2D eigenvalue weighted by Gasteiger charge is -2.01. The maximum absolute atomic E-state index is 10.6. The van der Waals surface area contributed by atoms with Gasteiger partial charge in [0.25, 0.3) is 0 Å². The number of carboxylic acids is 1. The Labute approximate surface area is 67.9 Å². The van der Waals surface area contributed by atoms with Gasteiger partial charge in [-0.15, -0.1) is 0 Å². The van der Waals surface area contributed by atoms with Crippen LogP contribution >= 0.6 is 0 Å². The molecule has 0 rings (SSSR count). The van der Waals surface area contributed by atoms with Crippen molar-refractivity contribution < 1.29 is 19.5 Å². The van der Waals surface area contributed by atoms with E-state index in [1.807, 2.05) is 10.6 Å². The van der Waals surface area contributed by atoms with Crippen LogP contribution in [0.25, 0.3) is 0 Å². The number of carboxylic acid groups (broad SMARTS) is 1. The highest BCUT2D eigenvalue weighted by molar-refractivity contribution is 5.85. The third-order valence-electron chi connectivity index (χ3n) is 0.860. The highest BCUT2D eigenvalue weighted by Gasteiger charge is 2.03. The average Bonchev–Trinajstić information content (AvgIpc) is 1.96. The van der Waals surface area contributed by atoms with Crippen molar-refractivity contribution in [2.24, 2.45) is 5.73 Å². The van der Waals surface area contributed by atoms with Crippen molar-refractivity contribution in [3.63, 3.8) is 0 Å². The summed E-state index contributed by atoms with van der Waals surface area (Å²) in [4.78, 5) is 30.6. The molecule has 0 fully saturated rings. The molecule has 0 aliphatic heterocycles. The van der Waals surface area contributed by atoms with Crippen molar-refractivity contribution >= 4 is 17.9 Å². The summed E-state index contributed by atoms with van der Waals surface area (Å²) in [7, 11) is 0. The molecule has 0 aromatic rings. The van der Waals surface area contributed by atoms with Crippen LogP contribution in [0.3, 0.4) is 0 Å². The topological polar surface area (TPSA) is 122 Å². The van der Waals surface area contributed by atoms with Crippen molar-refractivity contribution in [2.45, 2.75) is 0 Å². The molecule has 0 aliphatic rings. The lowest BCUT2D eigenvalue weighted by Crippen LogP contribution is -2.40. The van der Waals surface area contributed by atoms with Crippen LogP contribution in [0.1, 0.15) is 0 Å². The van der Waals surface area contributed by atoms with Gasteiger partial charge in [0.15, 0.2) is 0 Å². The number of rotatable bonds is 4. The van der Waals surface area contributed by atoms with Crippen LogP contribution in [0.4, 0.5) is 4.79 Å². The summed E-state index contributed by atoms with van der Waals surface area (Å²) < 4.78 is 0. The standard InChI is InChI=1S/C5H9N3O4/c6-5(12)8-1-3(9)7-2-4(10)11/h1-2H2,(H,7,9)(H,10,11)(H3,6,8,12). The SMILES string of the molecule is NC(=O)NCC(=O)NCC(=O)O. The lowest BCUT2D eigenvalue weighted by molar-refractivity contribution is -0.137. The predicted molar refractivity (Wildman–Crippen MR) is 38.2 cm³/mol. The van der Waals surface area contributed by atoms with Gasteiger partial charge in [0.1, 0.15) is 6.54 Å². The first-order valence-corrected chi connectivity index (χ1v) is 3.04. The van der Waals surface area contributed by atoms with Crippen LogP contribution in [-0.4, -0.2) is 36.1 Å². The van der Waals surface area contributed by atoms with Gasteiger partial charge in [0.05, 0.1) is 6.54 Å². The van der Waals surface area contributed by atoms with Gasteiger partial charge in [0.2, 0.25) is 5.91 Å². The van der Waals surface area contributed by atoms with Crippen LogP contribution in [0.5, 0.6) is 0 Å². The molecule has 0 saturated carbocycles. The number of carbonyl (C=O) groups excluding carboxylic acids is 2. The number of amides is 3. The maximum Gasteiger partial charge on any atom is 0.322 e. The molecular formula is C5H9N3O4. The monoisotopic (exact) mass is 175 g/mol. The summed E-state index contributed by atoms with van der Waals surface area (Å²) >= 11 is 0. The number of nitrogens with one attached hydrogen (secondary N) is 2. The van der Waals surface area contributed by atoms with Gasteiger partial charge < -0.3 is 21.5 Å². The van der Waals surface area contributed by atoms with Crippen molar-refractivity contribution in [2.75, 3.05) is 13.1 Å². The van der Waals surface area contributed by atoms with E-state index in [9.17, 15) is 14.4 Å². The summed E-state index contributed by atoms with van der Waals surface area (Å²) in [6.07, 6.45) is 0. The smallest absolute Gasteiger partial charge is 0.322 e. The van der Waals surface area contributed by atoms with E-state index in [-0.39, 0.29) is 6.54 Å².